The summed E-state index contributed by atoms with van der Waals surface area (Å²) in [7, 11) is 0. The van der Waals surface area contributed by atoms with Gasteiger partial charge in [0.15, 0.2) is 0 Å². The normalized spacial score (nSPS) is 10.4. The fourth-order valence-electron chi connectivity index (χ4n) is 2.46. The highest BCUT2D eigenvalue weighted by atomic mass is 19.1. The molecule has 0 unspecified atom stereocenters. The molecule has 1 amide bonds. The van der Waals surface area contributed by atoms with E-state index in [2.05, 4.69) is 30.9 Å². The van der Waals surface area contributed by atoms with Crippen molar-refractivity contribution in [3.05, 3.63) is 71.7 Å². The third-order valence-corrected chi connectivity index (χ3v) is 3.67. The van der Waals surface area contributed by atoms with Crippen molar-refractivity contribution in [2.75, 3.05) is 23.7 Å². The summed E-state index contributed by atoms with van der Waals surface area (Å²) in [6, 6.07) is 10.4. The lowest BCUT2D eigenvalue weighted by molar-refractivity contribution is 0.0946. The van der Waals surface area contributed by atoms with Gasteiger partial charge in [0.1, 0.15) is 40.5 Å². The maximum Gasteiger partial charge on any atom is 0.257 e. The van der Waals surface area contributed by atoms with Crippen LogP contribution in [0, 0.1) is 18.6 Å². The molecule has 3 rings (SSSR count). The summed E-state index contributed by atoms with van der Waals surface area (Å²) in [5.74, 6) is -0.326. The zero-order valence-electron chi connectivity index (χ0n) is 15.0. The molecule has 144 valence electrons. The molecule has 3 N–H and O–H groups in total. The summed E-state index contributed by atoms with van der Waals surface area (Å²) in [5, 5.41) is 8.58. The fourth-order valence-corrected chi connectivity index (χ4v) is 2.46. The summed E-state index contributed by atoms with van der Waals surface area (Å²) >= 11 is 0. The zero-order valence-corrected chi connectivity index (χ0v) is 15.0. The molecular weight excluding hydrogens is 366 g/mol. The van der Waals surface area contributed by atoms with Crippen molar-refractivity contribution in [1.29, 1.82) is 0 Å². The third kappa shape index (κ3) is 4.97. The Bertz CT molecular complexity index is 948. The smallest absolute Gasteiger partial charge is 0.257 e. The van der Waals surface area contributed by atoms with E-state index in [1.165, 1.54) is 6.07 Å². The van der Waals surface area contributed by atoms with Crippen molar-refractivity contribution in [2.24, 2.45) is 0 Å². The number of benzene rings is 1. The van der Waals surface area contributed by atoms with Crippen LogP contribution in [-0.2, 0) is 0 Å². The van der Waals surface area contributed by atoms with Crippen molar-refractivity contribution < 1.29 is 13.6 Å². The summed E-state index contributed by atoms with van der Waals surface area (Å²) in [6.07, 6.45) is 1.66. The van der Waals surface area contributed by atoms with Crippen LogP contribution >= 0.6 is 0 Å². The minimum atomic E-state index is -0.901. The Morgan fingerprint density at radius 1 is 0.964 bits per heavy atom. The Hall–Kier alpha value is -3.62. The van der Waals surface area contributed by atoms with E-state index in [0.717, 1.165) is 12.1 Å². The van der Waals surface area contributed by atoms with Crippen molar-refractivity contribution in [2.45, 2.75) is 6.92 Å². The number of nitrogens with one attached hydrogen (secondary N) is 3. The van der Waals surface area contributed by atoms with Crippen LogP contribution in [0.15, 0.2) is 48.7 Å². The van der Waals surface area contributed by atoms with E-state index < -0.39 is 23.1 Å². The molecule has 3 aromatic rings. The molecule has 2 heterocycles. The maximum atomic E-state index is 13.6. The van der Waals surface area contributed by atoms with Crippen LogP contribution in [0.2, 0.25) is 0 Å². The summed E-state index contributed by atoms with van der Waals surface area (Å²) in [4.78, 5) is 24.7. The molecule has 0 aliphatic rings. The number of carbonyl (C=O) groups excluding carboxylic acids is 1. The number of hydrogen-bond acceptors (Lipinski definition) is 6. The minimum Gasteiger partial charge on any atom is -0.368 e. The highest BCUT2D eigenvalue weighted by Gasteiger charge is 2.16. The van der Waals surface area contributed by atoms with Gasteiger partial charge in [0.05, 0.1) is 0 Å². The second-order valence-electron chi connectivity index (χ2n) is 5.80. The van der Waals surface area contributed by atoms with E-state index in [0.29, 0.717) is 29.8 Å². The molecule has 0 fully saturated rings. The van der Waals surface area contributed by atoms with Gasteiger partial charge in [-0.1, -0.05) is 12.1 Å². The molecule has 0 bridgehead atoms. The van der Waals surface area contributed by atoms with Gasteiger partial charge in [-0.05, 0) is 31.2 Å². The number of rotatable bonds is 7. The van der Waals surface area contributed by atoms with Gasteiger partial charge in [-0.15, -0.1) is 0 Å². The van der Waals surface area contributed by atoms with Crippen molar-refractivity contribution in [1.82, 2.24) is 20.3 Å². The topological polar surface area (TPSA) is 91.8 Å². The van der Waals surface area contributed by atoms with Gasteiger partial charge in [0.25, 0.3) is 5.91 Å². The first kappa shape index (κ1) is 19.2. The lowest BCUT2D eigenvalue weighted by atomic mass is 10.2. The van der Waals surface area contributed by atoms with Crippen LogP contribution in [0.5, 0.6) is 0 Å². The van der Waals surface area contributed by atoms with Crippen LogP contribution in [0.3, 0.4) is 0 Å². The zero-order chi connectivity index (χ0) is 19.9. The number of aryl methyl sites for hydroxylation is 1. The second-order valence-corrected chi connectivity index (χ2v) is 5.80. The lowest BCUT2D eigenvalue weighted by Crippen LogP contribution is -2.30. The Balaban J connectivity index is 1.55. The number of aromatic nitrogens is 3. The van der Waals surface area contributed by atoms with E-state index in [1.807, 2.05) is 18.2 Å². The SMILES string of the molecule is Cc1nc(NCCNC(=O)c2c(F)cccc2F)cc(Nc2ccccn2)n1. The molecule has 28 heavy (non-hydrogen) atoms. The van der Waals surface area contributed by atoms with E-state index in [4.69, 9.17) is 0 Å². The van der Waals surface area contributed by atoms with E-state index in [9.17, 15) is 13.6 Å². The molecule has 0 atom stereocenters. The predicted octanol–water partition coefficient (Wildman–Crippen LogP) is 3.04. The third-order valence-electron chi connectivity index (χ3n) is 3.67. The number of amides is 1. The lowest BCUT2D eigenvalue weighted by Gasteiger charge is -2.11. The number of hydrogen-bond donors (Lipinski definition) is 3. The quantitative estimate of drug-likeness (QED) is 0.543. The van der Waals surface area contributed by atoms with Gasteiger partial charge in [0.2, 0.25) is 0 Å². The molecule has 0 aliphatic carbocycles. The minimum absolute atomic E-state index is 0.151. The van der Waals surface area contributed by atoms with Crippen LogP contribution < -0.4 is 16.0 Å². The Labute approximate surface area is 160 Å². The van der Waals surface area contributed by atoms with Gasteiger partial charge in [-0.25, -0.2) is 23.7 Å². The highest BCUT2D eigenvalue weighted by molar-refractivity contribution is 5.94. The molecule has 7 nitrogen and oxygen atoms in total. The van der Waals surface area contributed by atoms with Gasteiger partial charge in [0, 0.05) is 25.4 Å². The van der Waals surface area contributed by atoms with Crippen molar-refractivity contribution in [3.8, 4) is 0 Å². The molecule has 0 saturated carbocycles. The summed E-state index contributed by atoms with van der Waals surface area (Å²) in [5.41, 5.74) is -0.595. The second kappa shape index (κ2) is 8.85. The molecule has 0 aliphatic heterocycles. The van der Waals surface area contributed by atoms with Gasteiger partial charge in [-0.3, -0.25) is 4.79 Å². The van der Waals surface area contributed by atoms with E-state index >= 15 is 0 Å². The molecule has 0 radical (unpaired) electrons. The van der Waals surface area contributed by atoms with Gasteiger partial charge < -0.3 is 16.0 Å². The van der Waals surface area contributed by atoms with Crippen LogP contribution in [-0.4, -0.2) is 33.9 Å². The highest BCUT2D eigenvalue weighted by Crippen LogP contribution is 2.15. The molecule has 2 aromatic heterocycles. The molecular formula is C19H18F2N6O. The number of halogens is 2. The predicted molar refractivity (Wildman–Crippen MR) is 101 cm³/mol. The molecule has 0 saturated heterocycles. The number of pyridine rings is 1. The maximum absolute atomic E-state index is 13.6. The first-order chi connectivity index (χ1) is 13.5. The number of nitrogens with zero attached hydrogens (tertiary/aromatic N) is 3. The Kier molecular flexibility index (Phi) is 6.05. The molecule has 1 aromatic carbocycles. The summed E-state index contributed by atoms with van der Waals surface area (Å²) in [6.45, 7) is 2.21. The standard InChI is InChI=1S/C19H18F2N6O/c1-12-25-16(11-17(26-12)27-15-7-2-3-8-22-15)23-9-10-24-19(28)18-13(20)5-4-6-14(18)21/h2-8,11H,9-10H2,1H3,(H,24,28)(H2,22,23,25,26,27). The fraction of sp³-hybridized carbons (Fsp3) is 0.158. The largest absolute Gasteiger partial charge is 0.368 e. The average Bonchev–Trinajstić information content (AvgIpc) is 2.65. The van der Waals surface area contributed by atoms with Gasteiger partial charge in [-0.2, -0.15) is 0 Å². The Morgan fingerprint density at radius 3 is 2.43 bits per heavy atom. The number of anilines is 3. The number of carbonyl (C=O) groups is 1. The van der Waals surface area contributed by atoms with Crippen molar-refractivity contribution in [3.63, 3.8) is 0 Å². The molecule has 9 heteroatoms. The van der Waals surface area contributed by atoms with E-state index in [1.54, 1.807) is 19.2 Å². The van der Waals surface area contributed by atoms with Crippen molar-refractivity contribution >= 4 is 23.4 Å². The van der Waals surface area contributed by atoms with Crippen LogP contribution in [0.1, 0.15) is 16.2 Å². The average molecular weight is 384 g/mol. The van der Waals surface area contributed by atoms with Crippen LogP contribution in [0.25, 0.3) is 0 Å². The first-order valence-corrected chi connectivity index (χ1v) is 8.53. The monoisotopic (exact) mass is 384 g/mol. The Morgan fingerprint density at radius 2 is 1.71 bits per heavy atom. The first-order valence-electron chi connectivity index (χ1n) is 8.53. The summed E-state index contributed by atoms with van der Waals surface area (Å²) < 4.78 is 27.2. The van der Waals surface area contributed by atoms with Crippen LogP contribution in [0.4, 0.5) is 26.2 Å². The van der Waals surface area contributed by atoms with Gasteiger partial charge >= 0.3 is 0 Å². The van der Waals surface area contributed by atoms with E-state index in [-0.39, 0.29) is 6.54 Å². The molecule has 0 spiro atoms.